The van der Waals surface area contributed by atoms with E-state index in [4.69, 9.17) is 11.1 Å². The Morgan fingerprint density at radius 2 is 2.00 bits per heavy atom. The number of nitrogens with one attached hydrogen (secondary N) is 2. The maximum absolute atomic E-state index is 7.88. The number of benzene rings is 1. The van der Waals surface area contributed by atoms with Crippen LogP contribution >= 0.6 is 36.2 Å². The van der Waals surface area contributed by atoms with Crippen molar-refractivity contribution in [1.29, 1.82) is 5.41 Å². The van der Waals surface area contributed by atoms with Crippen molar-refractivity contribution in [3.8, 4) is 0 Å². The predicted molar refractivity (Wildman–Crippen MR) is 83.6 cm³/mol. The van der Waals surface area contributed by atoms with E-state index in [9.17, 15) is 0 Å². The molecule has 2 rings (SSSR count). The van der Waals surface area contributed by atoms with Crippen LogP contribution in [0.5, 0.6) is 0 Å². The van der Waals surface area contributed by atoms with E-state index in [1.54, 1.807) is 11.3 Å². The second-order valence-corrected chi connectivity index (χ2v) is 4.33. The van der Waals surface area contributed by atoms with Gasteiger partial charge in [-0.15, -0.1) is 36.2 Å². The topological polar surface area (TPSA) is 61.9 Å². The first-order valence-electron chi connectivity index (χ1n) is 4.98. The van der Waals surface area contributed by atoms with E-state index in [0.717, 1.165) is 16.1 Å². The molecule has 4 N–H and O–H groups in total. The molecule has 0 radical (unpaired) electrons. The van der Waals surface area contributed by atoms with Crippen molar-refractivity contribution in [2.45, 2.75) is 6.54 Å². The molecule has 0 aliphatic heterocycles. The van der Waals surface area contributed by atoms with Gasteiger partial charge in [0.2, 0.25) is 0 Å². The van der Waals surface area contributed by atoms with Crippen molar-refractivity contribution < 1.29 is 0 Å². The average Bonchev–Trinajstić information content (AvgIpc) is 2.83. The van der Waals surface area contributed by atoms with Crippen LogP contribution in [0.4, 0.5) is 5.69 Å². The highest BCUT2D eigenvalue weighted by molar-refractivity contribution is 7.12. The van der Waals surface area contributed by atoms with Crippen LogP contribution in [0.15, 0.2) is 41.8 Å². The van der Waals surface area contributed by atoms with Gasteiger partial charge >= 0.3 is 0 Å². The number of thiophene rings is 1. The first kappa shape index (κ1) is 16.9. The lowest BCUT2D eigenvalue weighted by atomic mass is 10.2. The molecule has 98 valence electrons. The largest absolute Gasteiger partial charge is 0.340 e. The molecule has 0 atom stereocenters. The number of nitrogens with two attached hydrogens (primary N) is 1. The Morgan fingerprint density at radius 1 is 1.22 bits per heavy atom. The third-order valence-electron chi connectivity index (χ3n) is 2.20. The van der Waals surface area contributed by atoms with Crippen molar-refractivity contribution >= 4 is 47.7 Å². The summed E-state index contributed by atoms with van der Waals surface area (Å²) in [5.74, 6) is 0.421. The number of anilines is 1. The molecule has 0 amide bonds. The summed E-state index contributed by atoms with van der Waals surface area (Å²) in [5.41, 5.74) is 7.53. The molecule has 2 aromatic rings. The molecule has 0 aliphatic rings. The number of hydrogen-bond donors (Lipinski definition) is 3. The van der Waals surface area contributed by atoms with Crippen LogP contribution in [-0.2, 0) is 6.54 Å². The Bertz CT molecular complexity index is 486. The van der Waals surface area contributed by atoms with Crippen molar-refractivity contribution in [3.05, 3.63) is 52.2 Å². The maximum atomic E-state index is 7.88. The first-order valence-corrected chi connectivity index (χ1v) is 5.86. The SMILES string of the molecule is Cl.Cl.N=C(Nc1cccc(CN)c1)c1cccs1. The van der Waals surface area contributed by atoms with Crippen LogP contribution in [0.2, 0.25) is 0 Å². The zero-order chi connectivity index (χ0) is 11.4. The fourth-order valence-corrected chi connectivity index (χ4v) is 2.03. The number of amidine groups is 1. The molecule has 0 saturated heterocycles. The molecule has 0 spiro atoms. The van der Waals surface area contributed by atoms with E-state index in [1.165, 1.54) is 0 Å². The van der Waals surface area contributed by atoms with Crippen LogP contribution in [0.25, 0.3) is 0 Å². The Hall–Kier alpha value is -1.07. The van der Waals surface area contributed by atoms with Gasteiger partial charge < -0.3 is 11.1 Å². The van der Waals surface area contributed by atoms with E-state index in [2.05, 4.69) is 5.32 Å². The monoisotopic (exact) mass is 303 g/mol. The second kappa shape index (κ2) is 8.11. The summed E-state index contributed by atoms with van der Waals surface area (Å²) in [6, 6.07) is 11.7. The summed E-state index contributed by atoms with van der Waals surface area (Å²) >= 11 is 1.55. The highest BCUT2D eigenvalue weighted by Gasteiger charge is 2.02. The average molecular weight is 304 g/mol. The quantitative estimate of drug-likeness (QED) is 0.600. The van der Waals surface area contributed by atoms with Crippen LogP contribution in [-0.4, -0.2) is 5.84 Å². The van der Waals surface area contributed by atoms with E-state index in [1.807, 2.05) is 41.8 Å². The van der Waals surface area contributed by atoms with Crippen LogP contribution in [0, 0.1) is 5.41 Å². The van der Waals surface area contributed by atoms with E-state index in [0.29, 0.717) is 12.4 Å². The number of halogens is 2. The first-order chi connectivity index (χ1) is 7.79. The molecule has 0 fully saturated rings. The Morgan fingerprint density at radius 3 is 2.61 bits per heavy atom. The predicted octanol–water partition coefficient (Wildman–Crippen LogP) is 3.49. The minimum atomic E-state index is 0. The van der Waals surface area contributed by atoms with Gasteiger partial charge in [0, 0.05) is 12.2 Å². The van der Waals surface area contributed by atoms with E-state index < -0.39 is 0 Å². The van der Waals surface area contributed by atoms with Crippen LogP contribution in [0.3, 0.4) is 0 Å². The van der Waals surface area contributed by atoms with Gasteiger partial charge in [0.25, 0.3) is 0 Å². The zero-order valence-electron chi connectivity index (χ0n) is 9.55. The molecule has 0 aliphatic carbocycles. The molecule has 6 heteroatoms. The van der Waals surface area contributed by atoms with Crippen LogP contribution < -0.4 is 11.1 Å². The molecule has 1 aromatic heterocycles. The smallest absolute Gasteiger partial charge is 0.140 e. The minimum absolute atomic E-state index is 0. The van der Waals surface area contributed by atoms with Gasteiger partial charge in [-0.25, -0.2) is 0 Å². The Kier molecular flexibility index (Phi) is 7.62. The number of rotatable bonds is 3. The summed E-state index contributed by atoms with van der Waals surface area (Å²) in [4.78, 5) is 0.929. The van der Waals surface area contributed by atoms with Crippen molar-refractivity contribution in [1.82, 2.24) is 0 Å². The van der Waals surface area contributed by atoms with Gasteiger partial charge in [-0.05, 0) is 29.1 Å². The molecular formula is C12H15Cl2N3S. The highest BCUT2D eigenvalue weighted by atomic mass is 35.5. The fraction of sp³-hybridized carbons (Fsp3) is 0.0833. The third kappa shape index (κ3) is 4.31. The maximum Gasteiger partial charge on any atom is 0.140 e. The Balaban J connectivity index is 0.00000144. The van der Waals surface area contributed by atoms with Crippen molar-refractivity contribution in [3.63, 3.8) is 0 Å². The molecule has 1 aromatic carbocycles. The van der Waals surface area contributed by atoms with Crippen LogP contribution in [0.1, 0.15) is 10.4 Å². The summed E-state index contributed by atoms with van der Waals surface area (Å²) in [5, 5.41) is 12.9. The van der Waals surface area contributed by atoms with Gasteiger partial charge in [-0.2, -0.15) is 0 Å². The van der Waals surface area contributed by atoms with Gasteiger partial charge in [0.15, 0.2) is 0 Å². The molecule has 0 bridgehead atoms. The molecule has 18 heavy (non-hydrogen) atoms. The normalized spacial score (nSPS) is 8.94. The lowest BCUT2D eigenvalue weighted by Crippen LogP contribution is -2.10. The highest BCUT2D eigenvalue weighted by Crippen LogP contribution is 2.14. The number of hydrogen-bond acceptors (Lipinski definition) is 3. The lowest BCUT2D eigenvalue weighted by molar-refractivity contribution is 1.07. The minimum Gasteiger partial charge on any atom is -0.340 e. The summed E-state index contributed by atoms with van der Waals surface area (Å²) < 4.78 is 0. The molecule has 1 heterocycles. The zero-order valence-corrected chi connectivity index (χ0v) is 12.0. The third-order valence-corrected chi connectivity index (χ3v) is 3.09. The molecular weight excluding hydrogens is 289 g/mol. The fourth-order valence-electron chi connectivity index (χ4n) is 1.40. The van der Waals surface area contributed by atoms with Gasteiger partial charge in [0.1, 0.15) is 5.84 Å². The molecule has 0 saturated carbocycles. The second-order valence-electron chi connectivity index (χ2n) is 3.38. The molecule has 0 unspecified atom stereocenters. The van der Waals surface area contributed by atoms with Gasteiger partial charge in [-0.3, -0.25) is 5.41 Å². The Labute approximate surface area is 123 Å². The lowest BCUT2D eigenvalue weighted by Gasteiger charge is -2.07. The molecule has 3 nitrogen and oxygen atoms in total. The van der Waals surface area contributed by atoms with Gasteiger partial charge in [0.05, 0.1) is 4.88 Å². The summed E-state index contributed by atoms with van der Waals surface area (Å²) in [6.45, 7) is 0.516. The standard InChI is InChI=1S/C12H13N3S.2ClH/c13-8-9-3-1-4-10(7-9)15-12(14)11-5-2-6-16-11;;/h1-7H,8,13H2,(H2,14,15);2*1H. The van der Waals surface area contributed by atoms with E-state index in [-0.39, 0.29) is 24.8 Å². The summed E-state index contributed by atoms with van der Waals surface area (Å²) in [6.07, 6.45) is 0. The van der Waals surface area contributed by atoms with Crippen molar-refractivity contribution in [2.24, 2.45) is 5.73 Å². The van der Waals surface area contributed by atoms with Gasteiger partial charge in [-0.1, -0.05) is 18.2 Å². The summed E-state index contributed by atoms with van der Waals surface area (Å²) in [7, 11) is 0. The van der Waals surface area contributed by atoms with Crippen molar-refractivity contribution in [2.75, 3.05) is 5.32 Å². The van der Waals surface area contributed by atoms with E-state index >= 15 is 0 Å².